The van der Waals surface area contributed by atoms with E-state index in [9.17, 15) is 4.79 Å². The molecule has 3 aromatic rings. The first-order valence-corrected chi connectivity index (χ1v) is 10.9. The Bertz CT molecular complexity index is 1050. The van der Waals surface area contributed by atoms with E-state index in [1.807, 2.05) is 38.1 Å². The molecule has 31 heavy (non-hydrogen) atoms. The van der Waals surface area contributed by atoms with Gasteiger partial charge in [-0.2, -0.15) is 4.98 Å². The number of amides is 1. The summed E-state index contributed by atoms with van der Waals surface area (Å²) < 4.78 is 5.48. The SMILES string of the molecule is Cc1ccc(-c2noc(CN3CCCC(C(=O)Nc4c(C)cc(C)cc4C)C3)n2)cc1. The van der Waals surface area contributed by atoms with E-state index in [0.29, 0.717) is 24.8 Å². The van der Waals surface area contributed by atoms with Crippen molar-refractivity contribution >= 4 is 11.6 Å². The molecule has 1 amide bonds. The van der Waals surface area contributed by atoms with Crippen LogP contribution in [-0.4, -0.2) is 34.0 Å². The molecule has 2 aromatic carbocycles. The number of carbonyl (C=O) groups excluding carboxylic acids is 1. The third kappa shape index (κ3) is 5.02. The van der Waals surface area contributed by atoms with Crippen LogP contribution in [0.4, 0.5) is 5.69 Å². The number of aromatic nitrogens is 2. The number of rotatable bonds is 5. The van der Waals surface area contributed by atoms with Gasteiger partial charge in [0.05, 0.1) is 12.5 Å². The molecule has 1 N–H and O–H groups in total. The van der Waals surface area contributed by atoms with Crippen molar-refractivity contribution in [1.29, 1.82) is 0 Å². The molecule has 0 aliphatic carbocycles. The molecule has 162 valence electrons. The molecule has 4 rings (SSSR count). The van der Waals surface area contributed by atoms with Crippen LogP contribution < -0.4 is 5.32 Å². The van der Waals surface area contributed by atoms with E-state index in [2.05, 4.69) is 46.3 Å². The van der Waals surface area contributed by atoms with Gasteiger partial charge in [-0.1, -0.05) is 52.7 Å². The lowest BCUT2D eigenvalue weighted by Crippen LogP contribution is -2.40. The fourth-order valence-electron chi connectivity index (χ4n) is 4.35. The number of aryl methyl sites for hydroxylation is 4. The number of carbonyl (C=O) groups is 1. The summed E-state index contributed by atoms with van der Waals surface area (Å²) in [6.45, 7) is 10.4. The van der Waals surface area contributed by atoms with Crippen LogP contribution in [-0.2, 0) is 11.3 Å². The zero-order valence-corrected chi connectivity index (χ0v) is 18.7. The molecule has 1 fully saturated rings. The van der Waals surface area contributed by atoms with Crippen molar-refractivity contribution in [3.8, 4) is 11.4 Å². The molecule has 6 heteroatoms. The molecule has 1 saturated heterocycles. The summed E-state index contributed by atoms with van der Waals surface area (Å²) in [5.74, 6) is 1.23. The van der Waals surface area contributed by atoms with Crippen LogP contribution in [0.15, 0.2) is 40.9 Å². The highest BCUT2D eigenvalue weighted by Gasteiger charge is 2.27. The molecule has 1 aromatic heterocycles. The van der Waals surface area contributed by atoms with Gasteiger partial charge in [0.2, 0.25) is 17.6 Å². The zero-order valence-electron chi connectivity index (χ0n) is 18.7. The van der Waals surface area contributed by atoms with Crippen molar-refractivity contribution in [2.24, 2.45) is 5.92 Å². The fourth-order valence-corrected chi connectivity index (χ4v) is 4.35. The average Bonchev–Trinajstić information content (AvgIpc) is 3.19. The number of anilines is 1. The van der Waals surface area contributed by atoms with Crippen molar-refractivity contribution in [1.82, 2.24) is 15.0 Å². The first kappa shape index (κ1) is 21.2. The summed E-state index contributed by atoms with van der Waals surface area (Å²) in [6, 6.07) is 12.3. The Balaban J connectivity index is 1.39. The minimum atomic E-state index is -0.0478. The lowest BCUT2D eigenvalue weighted by Gasteiger charge is -2.31. The van der Waals surface area contributed by atoms with Gasteiger partial charge in [0, 0.05) is 17.8 Å². The predicted molar refractivity (Wildman–Crippen MR) is 122 cm³/mol. The van der Waals surface area contributed by atoms with Crippen molar-refractivity contribution < 1.29 is 9.32 Å². The maximum absolute atomic E-state index is 13.0. The van der Waals surface area contributed by atoms with Crippen LogP contribution in [0.3, 0.4) is 0 Å². The number of benzene rings is 2. The molecule has 1 unspecified atom stereocenters. The van der Waals surface area contributed by atoms with E-state index in [1.165, 1.54) is 11.1 Å². The average molecular weight is 419 g/mol. The first-order valence-electron chi connectivity index (χ1n) is 10.9. The van der Waals surface area contributed by atoms with E-state index in [0.717, 1.165) is 41.8 Å². The minimum absolute atomic E-state index is 0.0478. The molecule has 0 bridgehead atoms. The van der Waals surface area contributed by atoms with Gasteiger partial charge < -0.3 is 9.84 Å². The Kier molecular flexibility index (Phi) is 6.18. The molecule has 0 radical (unpaired) electrons. The Labute approximate surface area is 183 Å². The van der Waals surface area contributed by atoms with Gasteiger partial charge in [0.15, 0.2) is 0 Å². The van der Waals surface area contributed by atoms with Crippen molar-refractivity contribution in [2.45, 2.75) is 47.1 Å². The molecule has 2 heterocycles. The highest BCUT2D eigenvalue weighted by molar-refractivity contribution is 5.94. The summed E-state index contributed by atoms with van der Waals surface area (Å²) in [5.41, 5.74) is 6.50. The highest BCUT2D eigenvalue weighted by Crippen LogP contribution is 2.25. The van der Waals surface area contributed by atoms with E-state index in [4.69, 9.17) is 4.52 Å². The summed E-state index contributed by atoms with van der Waals surface area (Å²) >= 11 is 0. The normalized spacial score (nSPS) is 17.0. The van der Waals surface area contributed by atoms with E-state index in [-0.39, 0.29) is 11.8 Å². The number of likely N-dealkylation sites (tertiary alicyclic amines) is 1. The number of nitrogens with zero attached hydrogens (tertiary/aromatic N) is 3. The van der Waals surface area contributed by atoms with Crippen LogP contribution in [0, 0.1) is 33.6 Å². The van der Waals surface area contributed by atoms with Crippen molar-refractivity contribution in [3.63, 3.8) is 0 Å². The largest absolute Gasteiger partial charge is 0.338 e. The van der Waals surface area contributed by atoms with Gasteiger partial charge in [0.1, 0.15) is 0 Å². The van der Waals surface area contributed by atoms with E-state index in [1.54, 1.807) is 0 Å². The topological polar surface area (TPSA) is 71.3 Å². The molecular weight excluding hydrogens is 388 g/mol. The molecule has 6 nitrogen and oxygen atoms in total. The summed E-state index contributed by atoms with van der Waals surface area (Å²) in [6.07, 6.45) is 1.87. The minimum Gasteiger partial charge on any atom is -0.338 e. The van der Waals surface area contributed by atoms with Crippen molar-refractivity contribution in [3.05, 3.63) is 64.5 Å². The number of nitrogens with one attached hydrogen (secondary N) is 1. The lowest BCUT2D eigenvalue weighted by atomic mass is 9.96. The first-order chi connectivity index (χ1) is 14.9. The smallest absolute Gasteiger partial charge is 0.241 e. The van der Waals surface area contributed by atoms with Crippen LogP contribution in [0.25, 0.3) is 11.4 Å². The molecule has 1 aliphatic heterocycles. The molecule has 1 atom stereocenters. The second kappa shape index (κ2) is 9.02. The molecule has 0 spiro atoms. The second-order valence-electron chi connectivity index (χ2n) is 8.71. The highest BCUT2D eigenvalue weighted by atomic mass is 16.5. The summed E-state index contributed by atoms with van der Waals surface area (Å²) in [7, 11) is 0. The Hall–Kier alpha value is -2.99. The molecule has 0 saturated carbocycles. The third-order valence-corrected chi connectivity index (χ3v) is 5.94. The van der Waals surface area contributed by atoms with Crippen LogP contribution >= 0.6 is 0 Å². The number of hydrogen-bond acceptors (Lipinski definition) is 5. The lowest BCUT2D eigenvalue weighted by molar-refractivity contribution is -0.121. The van der Waals surface area contributed by atoms with Crippen LogP contribution in [0.2, 0.25) is 0 Å². The Morgan fingerprint density at radius 3 is 2.52 bits per heavy atom. The van der Waals surface area contributed by atoms with Crippen LogP contribution in [0.5, 0.6) is 0 Å². The standard InChI is InChI=1S/C25H30N4O2/c1-16-7-9-20(10-8-16)24-26-22(31-28-24)15-29-11-5-6-21(14-29)25(30)27-23-18(3)12-17(2)13-19(23)4/h7-10,12-13,21H,5-6,11,14-15H2,1-4H3,(H,27,30). The van der Waals surface area contributed by atoms with Gasteiger partial charge in [-0.15, -0.1) is 0 Å². The maximum atomic E-state index is 13.0. The maximum Gasteiger partial charge on any atom is 0.241 e. The Morgan fingerprint density at radius 1 is 1.10 bits per heavy atom. The summed E-state index contributed by atoms with van der Waals surface area (Å²) in [4.78, 5) is 19.8. The van der Waals surface area contributed by atoms with Gasteiger partial charge in [0.25, 0.3) is 0 Å². The van der Waals surface area contributed by atoms with Crippen molar-refractivity contribution in [2.75, 3.05) is 18.4 Å². The van der Waals surface area contributed by atoms with Gasteiger partial charge in [-0.25, -0.2) is 0 Å². The van der Waals surface area contributed by atoms with E-state index >= 15 is 0 Å². The second-order valence-corrected chi connectivity index (χ2v) is 8.71. The van der Waals surface area contributed by atoms with E-state index < -0.39 is 0 Å². The van der Waals surface area contributed by atoms with Crippen LogP contribution in [0.1, 0.15) is 41.0 Å². The molecule has 1 aliphatic rings. The number of piperidine rings is 1. The monoisotopic (exact) mass is 418 g/mol. The predicted octanol–water partition coefficient (Wildman–Crippen LogP) is 4.82. The van der Waals surface area contributed by atoms with Gasteiger partial charge in [-0.05, 0) is 58.2 Å². The molecular formula is C25H30N4O2. The third-order valence-electron chi connectivity index (χ3n) is 5.94. The van der Waals surface area contributed by atoms with Gasteiger partial charge in [-0.3, -0.25) is 9.69 Å². The van der Waals surface area contributed by atoms with Gasteiger partial charge >= 0.3 is 0 Å². The quantitative estimate of drug-likeness (QED) is 0.643. The summed E-state index contributed by atoms with van der Waals surface area (Å²) in [5, 5.41) is 7.30. The fraction of sp³-hybridized carbons (Fsp3) is 0.400. The Morgan fingerprint density at radius 2 is 1.81 bits per heavy atom. The number of hydrogen-bond donors (Lipinski definition) is 1. The zero-order chi connectivity index (χ0) is 22.0.